The molecule has 0 bridgehead atoms. The molecule has 2 N–H and O–H groups in total. The van der Waals surface area contributed by atoms with Crippen molar-refractivity contribution in [1.29, 1.82) is 5.26 Å². The molecule has 0 aliphatic carbocycles. The number of rotatable bonds is 2. The van der Waals surface area contributed by atoms with E-state index >= 15 is 0 Å². The number of carbonyl (C=O) groups excluding carboxylic acids is 1. The zero-order valence-corrected chi connectivity index (χ0v) is 10.5. The van der Waals surface area contributed by atoms with E-state index in [0.29, 0.717) is 16.8 Å². The summed E-state index contributed by atoms with van der Waals surface area (Å²) in [6.07, 6.45) is 0. The summed E-state index contributed by atoms with van der Waals surface area (Å²) in [6, 6.07) is 12.7. The van der Waals surface area contributed by atoms with Crippen LogP contribution in [-0.4, -0.2) is 11.0 Å². The van der Waals surface area contributed by atoms with Crippen LogP contribution in [0.2, 0.25) is 5.02 Å². The number of hydrogen-bond donors (Lipinski definition) is 2. The van der Waals surface area contributed by atoms with Crippen molar-refractivity contribution < 1.29 is 9.90 Å². The van der Waals surface area contributed by atoms with Crippen LogP contribution in [0.5, 0.6) is 5.75 Å². The van der Waals surface area contributed by atoms with E-state index in [9.17, 15) is 9.90 Å². The lowest BCUT2D eigenvalue weighted by Gasteiger charge is -2.06. The first-order valence-corrected chi connectivity index (χ1v) is 5.78. The Labute approximate surface area is 114 Å². The number of phenolic OH excluding ortho intramolecular Hbond substituents is 1. The largest absolute Gasteiger partial charge is 0.506 e. The molecule has 1 amide bonds. The number of nitrogens with zero attached hydrogens (tertiary/aromatic N) is 1. The summed E-state index contributed by atoms with van der Waals surface area (Å²) in [6.45, 7) is 0. The molecular weight excluding hydrogens is 264 g/mol. The Morgan fingerprint density at radius 1 is 1.21 bits per heavy atom. The van der Waals surface area contributed by atoms with E-state index in [2.05, 4.69) is 5.32 Å². The van der Waals surface area contributed by atoms with E-state index in [-0.39, 0.29) is 16.7 Å². The Morgan fingerprint density at radius 3 is 2.47 bits per heavy atom. The lowest BCUT2D eigenvalue weighted by molar-refractivity contribution is 0.102. The number of nitrogens with one attached hydrogen (secondary N) is 1. The van der Waals surface area contributed by atoms with Crippen LogP contribution in [0.3, 0.4) is 0 Å². The minimum Gasteiger partial charge on any atom is -0.506 e. The predicted molar refractivity (Wildman–Crippen MR) is 72.2 cm³/mol. The molecule has 0 spiro atoms. The second-order valence-corrected chi connectivity index (χ2v) is 4.22. The van der Waals surface area contributed by atoms with Gasteiger partial charge < -0.3 is 10.4 Å². The monoisotopic (exact) mass is 272 g/mol. The van der Waals surface area contributed by atoms with Gasteiger partial charge in [-0.3, -0.25) is 4.79 Å². The van der Waals surface area contributed by atoms with Crippen molar-refractivity contribution in [3.8, 4) is 11.8 Å². The summed E-state index contributed by atoms with van der Waals surface area (Å²) >= 11 is 5.73. The van der Waals surface area contributed by atoms with Crippen LogP contribution < -0.4 is 5.32 Å². The minimum atomic E-state index is -0.341. The van der Waals surface area contributed by atoms with Gasteiger partial charge in [-0.25, -0.2) is 0 Å². The van der Waals surface area contributed by atoms with E-state index in [1.54, 1.807) is 24.3 Å². The molecule has 5 heteroatoms. The van der Waals surface area contributed by atoms with E-state index < -0.39 is 0 Å². The average Bonchev–Trinajstić information content (AvgIpc) is 2.42. The van der Waals surface area contributed by atoms with Gasteiger partial charge in [0, 0.05) is 11.3 Å². The van der Waals surface area contributed by atoms with Gasteiger partial charge in [-0.2, -0.15) is 5.26 Å². The van der Waals surface area contributed by atoms with E-state index in [0.717, 1.165) is 0 Å². The molecular formula is C14H9ClN2O2. The molecule has 2 rings (SSSR count). The van der Waals surface area contributed by atoms with Crippen molar-refractivity contribution in [2.45, 2.75) is 0 Å². The Bertz CT molecular complexity index is 660. The molecule has 0 fully saturated rings. The molecule has 2 aromatic rings. The molecule has 0 aliphatic rings. The topological polar surface area (TPSA) is 73.1 Å². The van der Waals surface area contributed by atoms with E-state index in [4.69, 9.17) is 16.9 Å². The van der Waals surface area contributed by atoms with Crippen molar-refractivity contribution >= 4 is 23.2 Å². The SMILES string of the molecule is N#Cc1ccc(NC(=O)c2ccc(O)c(Cl)c2)cc1. The number of benzene rings is 2. The minimum absolute atomic E-state index is 0.0726. The molecule has 19 heavy (non-hydrogen) atoms. The number of anilines is 1. The quantitative estimate of drug-likeness (QED) is 0.882. The van der Waals surface area contributed by atoms with E-state index in [1.165, 1.54) is 18.2 Å². The van der Waals surface area contributed by atoms with Gasteiger partial charge in [-0.1, -0.05) is 11.6 Å². The maximum atomic E-state index is 11.9. The lowest BCUT2D eigenvalue weighted by atomic mass is 10.2. The molecule has 0 atom stereocenters. The Hall–Kier alpha value is -2.51. The van der Waals surface area contributed by atoms with Crippen LogP contribution in [0, 0.1) is 11.3 Å². The second kappa shape index (κ2) is 5.42. The number of nitriles is 1. The highest BCUT2D eigenvalue weighted by Gasteiger charge is 2.08. The molecule has 0 aromatic heterocycles. The van der Waals surface area contributed by atoms with Gasteiger partial charge in [0.1, 0.15) is 5.75 Å². The summed E-state index contributed by atoms with van der Waals surface area (Å²) in [7, 11) is 0. The van der Waals surface area contributed by atoms with Crippen molar-refractivity contribution in [3.05, 3.63) is 58.6 Å². The molecule has 0 aliphatic heterocycles. The van der Waals surface area contributed by atoms with Gasteiger partial charge in [-0.05, 0) is 42.5 Å². The highest BCUT2D eigenvalue weighted by atomic mass is 35.5. The lowest BCUT2D eigenvalue weighted by Crippen LogP contribution is -2.11. The third-order valence-electron chi connectivity index (χ3n) is 2.48. The van der Waals surface area contributed by atoms with Crippen LogP contribution in [-0.2, 0) is 0 Å². The summed E-state index contributed by atoms with van der Waals surface area (Å²) in [5, 5.41) is 20.7. The van der Waals surface area contributed by atoms with Crippen molar-refractivity contribution in [1.82, 2.24) is 0 Å². The zero-order chi connectivity index (χ0) is 13.8. The van der Waals surface area contributed by atoms with Gasteiger partial charge in [0.15, 0.2) is 0 Å². The fourth-order valence-corrected chi connectivity index (χ4v) is 1.66. The first kappa shape index (κ1) is 12.9. The fourth-order valence-electron chi connectivity index (χ4n) is 1.48. The first-order valence-electron chi connectivity index (χ1n) is 5.40. The number of amides is 1. The van der Waals surface area contributed by atoms with Crippen LogP contribution in [0.4, 0.5) is 5.69 Å². The Balaban J connectivity index is 2.16. The number of carbonyl (C=O) groups is 1. The molecule has 2 aromatic carbocycles. The van der Waals surface area contributed by atoms with Gasteiger partial charge in [0.2, 0.25) is 0 Å². The number of hydrogen-bond acceptors (Lipinski definition) is 3. The Morgan fingerprint density at radius 2 is 1.89 bits per heavy atom. The van der Waals surface area contributed by atoms with Gasteiger partial charge in [-0.15, -0.1) is 0 Å². The molecule has 4 nitrogen and oxygen atoms in total. The molecule has 0 unspecified atom stereocenters. The third kappa shape index (κ3) is 3.03. The van der Waals surface area contributed by atoms with Crippen molar-refractivity contribution in [2.75, 3.05) is 5.32 Å². The highest BCUT2D eigenvalue weighted by molar-refractivity contribution is 6.32. The maximum absolute atomic E-state index is 11.9. The molecule has 0 saturated heterocycles. The number of aromatic hydroxyl groups is 1. The smallest absolute Gasteiger partial charge is 0.255 e. The number of halogens is 1. The highest BCUT2D eigenvalue weighted by Crippen LogP contribution is 2.24. The zero-order valence-electron chi connectivity index (χ0n) is 9.72. The summed E-state index contributed by atoms with van der Waals surface area (Å²) in [4.78, 5) is 11.9. The normalized spacial score (nSPS) is 9.68. The van der Waals surface area contributed by atoms with Gasteiger partial charge >= 0.3 is 0 Å². The summed E-state index contributed by atoms with van der Waals surface area (Å²) in [5.74, 6) is -0.414. The third-order valence-corrected chi connectivity index (χ3v) is 2.78. The molecule has 0 radical (unpaired) electrons. The van der Waals surface area contributed by atoms with Crippen LogP contribution in [0.1, 0.15) is 15.9 Å². The van der Waals surface area contributed by atoms with Crippen LogP contribution >= 0.6 is 11.6 Å². The van der Waals surface area contributed by atoms with E-state index in [1.807, 2.05) is 6.07 Å². The molecule has 0 heterocycles. The van der Waals surface area contributed by atoms with Crippen molar-refractivity contribution in [3.63, 3.8) is 0 Å². The summed E-state index contributed by atoms with van der Waals surface area (Å²) in [5.41, 5.74) is 1.44. The van der Waals surface area contributed by atoms with Crippen molar-refractivity contribution in [2.24, 2.45) is 0 Å². The van der Waals surface area contributed by atoms with Crippen LogP contribution in [0.25, 0.3) is 0 Å². The van der Waals surface area contributed by atoms with Gasteiger partial charge in [0.05, 0.1) is 16.7 Å². The average molecular weight is 273 g/mol. The maximum Gasteiger partial charge on any atom is 0.255 e. The fraction of sp³-hybridized carbons (Fsp3) is 0. The second-order valence-electron chi connectivity index (χ2n) is 3.81. The van der Waals surface area contributed by atoms with Crippen LogP contribution in [0.15, 0.2) is 42.5 Å². The number of phenols is 1. The van der Waals surface area contributed by atoms with Gasteiger partial charge in [0.25, 0.3) is 5.91 Å². The predicted octanol–water partition coefficient (Wildman–Crippen LogP) is 3.17. The molecule has 0 saturated carbocycles. The standard InChI is InChI=1S/C14H9ClN2O2/c15-12-7-10(3-6-13(12)18)14(19)17-11-4-1-9(8-16)2-5-11/h1-7,18H,(H,17,19). The first-order chi connectivity index (χ1) is 9.10. The molecule has 94 valence electrons. The summed E-state index contributed by atoms with van der Waals surface area (Å²) < 4.78 is 0. The Kier molecular flexibility index (Phi) is 3.69.